The molecule has 0 fully saturated rings. The Labute approximate surface area is 80.6 Å². The van der Waals surface area contributed by atoms with Gasteiger partial charge in [0.1, 0.15) is 4.61 Å². The van der Waals surface area contributed by atoms with E-state index in [2.05, 4.69) is 27.6 Å². The number of aliphatic hydroxyl groups excluding tert-OH is 1. The van der Waals surface area contributed by atoms with E-state index in [9.17, 15) is 5.11 Å². The lowest BCUT2D eigenvalue weighted by molar-refractivity contribution is -0.0421. The van der Waals surface area contributed by atoms with Gasteiger partial charge in [-0.15, -0.1) is 0 Å². The van der Waals surface area contributed by atoms with Gasteiger partial charge in [-0.3, -0.25) is 4.99 Å². The molecule has 12 heavy (non-hydrogen) atoms. The number of halogens is 1. The van der Waals surface area contributed by atoms with Gasteiger partial charge in [0, 0.05) is 12.7 Å². The van der Waals surface area contributed by atoms with E-state index in [-0.39, 0.29) is 0 Å². The Balaban J connectivity index is 4.49. The Bertz CT molecular complexity index is 211. The Kier molecular flexibility index (Phi) is 5.88. The van der Waals surface area contributed by atoms with Gasteiger partial charge in [-0.1, -0.05) is 6.08 Å². The van der Waals surface area contributed by atoms with Crippen LogP contribution in [0, 0.1) is 0 Å². The zero-order valence-electron chi connectivity index (χ0n) is 7.12. The van der Waals surface area contributed by atoms with Gasteiger partial charge >= 0.3 is 0 Å². The van der Waals surface area contributed by atoms with Crippen molar-refractivity contribution in [3.63, 3.8) is 0 Å². The van der Waals surface area contributed by atoms with Crippen molar-refractivity contribution >= 4 is 22.6 Å². The molecule has 1 atom stereocenters. The number of rotatable bonds is 4. The van der Waals surface area contributed by atoms with E-state index >= 15 is 0 Å². The van der Waals surface area contributed by atoms with Crippen LogP contribution in [0.1, 0.15) is 6.92 Å². The summed E-state index contributed by atoms with van der Waals surface area (Å²) >= 11 is 3.14. The summed E-state index contributed by atoms with van der Waals surface area (Å²) in [4.78, 5) is 3.61. The number of nitrogens with zero attached hydrogens (tertiary/aromatic N) is 1. The fourth-order valence-corrected chi connectivity index (χ4v) is 0.881. The highest BCUT2D eigenvalue weighted by Crippen LogP contribution is 2.13. The van der Waals surface area contributed by atoms with E-state index in [1.165, 1.54) is 7.11 Å². The van der Waals surface area contributed by atoms with Gasteiger partial charge in [-0.2, -0.15) is 0 Å². The Hall–Kier alpha value is -0.450. The van der Waals surface area contributed by atoms with E-state index < -0.39 is 6.29 Å². The van der Waals surface area contributed by atoms with Gasteiger partial charge in [-0.05, 0) is 35.6 Å². The average Bonchev–Trinajstić information content (AvgIpc) is 2.12. The molecule has 0 aliphatic rings. The zero-order valence-corrected chi connectivity index (χ0v) is 8.71. The molecule has 0 aliphatic carbocycles. The minimum Gasteiger partial charge on any atom is -0.364 e. The van der Waals surface area contributed by atoms with Crippen LogP contribution in [0.25, 0.3) is 0 Å². The average molecular weight is 234 g/mol. The van der Waals surface area contributed by atoms with E-state index in [0.717, 1.165) is 0 Å². The van der Waals surface area contributed by atoms with Gasteiger partial charge < -0.3 is 9.84 Å². The first kappa shape index (κ1) is 11.6. The van der Waals surface area contributed by atoms with Crippen molar-refractivity contribution in [2.75, 3.05) is 7.11 Å². The van der Waals surface area contributed by atoms with Crippen molar-refractivity contribution in [3.8, 4) is 0 Å². The highest BCUT2D eigenvalue weighted by atomic mass is 79.9. The number of aliphatic hydroxyl groups is 1. The molecule has 0 aromatic carbocycles. The van der Waals surface area contributed by atoms with Crippen molar-refractivity contribution in [2.45, 2.75) is 13.2 Å². The SMILES string of the molecule is C=NC(Br)=CC(=CC)C(O)OC. The largest absolute Gasteiger partial charge is 0.364 e. The molecule has 0 bridgehead atoms. The Morgan fingerprint density at radius 3 is 2.67 bits per heavy atom. The van der Waals surface area contributed by atoms with Crippen molar-refractivity contribution < 1.29 is 9.84 Å². The van der Waals surface area contributed by atoms with Gasteiger partial charge in [0.25, 0.3) is 0 Å². The lowest BCUT2D eigenvalue weighted by Gasteiger charge is -2.08. The van der Waals surface area contributed by atoms with E-state index in [1.807, 2.05) is 0 Å². The van der Waals surface area contributed by atoms with Gasteiger partial charge in [-0.25, -0.2) is 0 Å². The van der Waals surface area contributed by atoms with Crippen LogP contribution < -0.4 is 0 Å². The van der Waals surface area contributed by atoms with Crippen molar-refractivity contribution in [2.24, 2.45) is 4.99 Å². The van der Waals surface area contributed by atoms with Gasteiger partial charge in [0.15, 0.2) is 6.29 Å². The van der Waals surface area contributed by atoms with E-state index in [4.69, 9.17) is 4.74 Å². The molecule has 0 heterocycles. The monoisotopic (exact) mass is 233 g/mol. The highest BCUT2D eigenvalue weighted by Gasteiger charge is 2.05. The van der Waals surface area contributed by atoms with Crippen LogP contribution in [-0.2, 0) is 4.74 Å². The molecule has 0 radical (unpaired) electrons. The third-order valence-corrected chi connectivity index (χ3v) is 1.76. The highest BCUT2D eigenvalue weighted by molar-refractivity contribution is 9.11. The first-order valence-corrected chi connectivity index (χ1v) is 4.16. The molecular formula is C8H12BrNO2. The quantitative estimate of drug-likeness (QED) is 0.349. The third kappa shape index (κ3) is 3.80. The minimum absolute atomic E-state index is 0.562. The van der Waals surface area contributed by atoms with E-state index in [0.29, 0.717) is 10.2 Å². The molecule has 0 aliphatic heterocycles. The fourth-order valence-electron chi connectivity index (χ4n) is 0.616. The molecule has 1 unspecified atom stereocenters. The number of hydrogen-bond acceptors (Lipinski definition) is 3. The molecule has 4 heteroatoms. The van der Waals surface area contributed by atoms with Crippen LogP contribution in [0.2, 0.25) is 0 Å². The normalized spacial score (nSPS) is 16.0. The first-order valence-electron chi connectivity index (χ1n) is 3.36. The zero-order chi connectivity index (χ0) is 9.56. The maximum Gasteiger partial charge on any atom is 0.180 e. The number of aliphatic imine (C=N–C) groups is 1. The summed E-state index contributed by atoms with van der Waals surface area (Å²) in [5.74, 6) is 0. The van der Waals surface area contributed by atoms with E-state index in [1.54, 1.807) is 19.1 Å². The van der Waals surface area contributed by atoms with Crippen molar-refractivity contribution in [1.82, 2.24) is 0 Å². The summed E-state index contributed by atoms with van der Waals surface area (Å²) in [7, 11) is 1.43. The first-order chi connectivity index (χ1) is 5.65. The predicted octanol–water partition coefficient (Wildman–Crippen LogP) is 1.83. The molecule has 0 aromatic heterocycles. The van der Waals surface area contributed by atoms with Crippen molar-refractivity contribution in [1.29, 1.82) is 0 Å². The number of ether oxygens (including phenoxy) is 1. The van der Waals surface area contributed by atoms with Gasteiger partial charge in [0.05, 0.1) is 0 Å². The maximum atomic E-state index is 9.24. The molecule has 0 aromatic rings. The van der Waals surface area contributed by atoms with Crippen LogP contribution >= 0.6 is 15.9 Å². The van der Waals surface area contributed by atoms with Crippen LogP contribution in [0.3, 0.4) is 0 Å². The third-order valence-electron chi connectivity index (χ3n) is 1.28. The smallest absolute Gasteiger partial charge is 0.180 e. The Morgan fingerprint density at radius 1 is 1.75 bits per heavy atom. The van der Waals surface area contributed by atoms with Crippen LogP contribution in [0.5, 0.6) is 0 Å². The molecule has 0 amide bonds. The van der Waals surface area contributed by atoms with Gasteiger partial charge in [0.2, 0.25) is 0 Å². The Morgan fingerprint density at radius 2 is 2.33 bits per heavy atom. The summed E-state index contributed by atoms with van der Waals surface area (Å²) in [5, 5.41) is 9.24. The lowest BCUT2D eigenvalue weighted by atomic mass is 10.2. The second-order valence-electron chi connectivity index (χ2n) is 2.00. The summed E-state index contributed by atoms with van der Waals surface area (Å²) < 4.78 is 5.27. The summed E-state index contributed by atoms with van der Waals surface area (Å²) in [5.41, 5.74) is 0.636. The molecule has 1 N–H and O–H groups in total. The maximum absolute atomic E-state index is 9.24. The molecule has 68 valence electrons. The minimum atomic E-state index is -0.913. The predicted molar refractivity (Wildman–Crippen MR) is 53.3 cm³/mol. The number of hydrogen-bond donors (Lipinski definition) is 1. The van der Waals surface area contributed by atoms with Crippen LogP contribution in [-0.4, -0.2) is 25.2 Å². The lowest BCUT2D eigenvalue weighted by Crippen LogP contribution is -2.10. The standard InChI is InChI=1S/C8H12BrNO2/c1-4-6(8(11)12-3)5-7(9)10-2/h4-5,8,11H,2H2,1,3H3. The summed E-state index contributed by atoms with van der Waals surface area (Å²) in [6.07, 6.45) is 2.46. The summed E-state index contributed by atoms with van der Waals surface area (Å²) in [6, 6.07) is 0. The second-order valence-corrected chi connectivity index (χ2v) is 2.81. The molecule has 0 spiro atoms. The molecule has 0 saturated heterocycles. The molecule has 0 rings (SSSR count). The van der Waals surface area contributed by atoms with Crippen LogP contribution in [0.4, 0.5) is 0 Å². The second kappa shape index (κ2) is 6.11. The fraction of sp³-hybridized carbons (Fsp3) is 0.375. The van der Waals surface area contributed by atoms with Crippen LogP contribution in [0.15, 0.2) is 27.3 Å². The number of allylic oxidation sites excluding steroid dienone is 1. The molecular weight excluding hydrogens is 222 g/mol. The number of methoxy groups -OCH3 is 1. The molecule has 0 saturated carbocycles. The van der Waals surface area contributed by atoms with Crippen molar-refractivity contribution in [3.05, 3.63) is 22.3 Å². The molecule has 3 nitrogen and oxygen atoms in total. The summed E-state index contributed by atoms with van der Waals surface area (Å²) in [6.45, 7) is 5.12. The topological polar surface area (TPSA) is 41.8 Å².